The first-order valence-electron chi connectivity index (χ1n) is 8.05. The van der Waals surface area contributed by atoms with Crippen molar-refractivity contribution in [3.63, 3.8) is 0 Å². The van der Waals surface area contributed by atoms with E-state index in [0.29, 0.717) is 0 Å². The summed E-state index contributed by atoms with van der Waals surface area (Å²) in [4.78, 5) is 12.3. The number of hydrogen-bond donors (Lipinski definition) is 2. The molecule has 23 heavy (non-hydrogen) atoms. The van der Waals surface area contributed by atoms with Gasteiger partial charge in [-0.15, -0.1) is 0 Å². The highest BCUT2D eigenvalue weighted by atomic mass is 32.2. The van der Waals surface area contributed by atoms with Gasteiger partial charge in [-0.25, -0.2) is 8.42 Å². The third kappa shape index (κ3) is 4.78. The molecule has 6 heteroatoms. The maximum absolute atomic E-state index is 12.5. The van der Waals surface area contributed by atoms with E-state index in [2.05, 4.69) is 10.0 Å². The van der Waals surface area contributed by atoms with Crippen LogP contribution in [0.3, 0.4) is 0 Å². The Morgan fingerprint density at radius 2 is 1.74 bits per heavy atom. The van der Waals surface area contributed by atoms with Gasteiger partial charge in [-0.05, 0) is 76.6 Å². The molecular formula is C17H26N2O3S. The molecule has 2 rings (SSSR count). The largest absolute Gasteiger partial charge is 0.350 e. The van der Waals surface area contributed by atoms with Gasteiger partial charge < -0.3 is 5.32 Å². The van der Waals surface area contributed by atoms with Crippen LogP contribution in [-0.4, -0.2) is 25.9 Å². The molecule has 1 atom stereocenters. The predicted octanol–water partition coefficient (Wildman–Crippen LogP) is 2.15. The summed E-state index contributed by atoms with van der Waals surface area (Å²) in [5, 5.41) is 2.78. The van der Waals surface area contributed by atoms with E-state index in [1.807, 2.05) is 26.8 Å². The van der Waals surface area contributed by atoms with Crippen LogP contribution in [0.1, 0.15) is 51.7 Å². The fourth-order valence-electron chi connectivity index (χ4n) is 2.71. The summed E-state index contributed by atoms with van der Waals surface area (Å²) in [5.41, 5.74) is 1.93. The number of amides is 1. The summed E-state index contributed by atoms with van der Waals surface area (Å²) < 4.78 is 27.5. The lowest BCUT2D eigenvalue weighted by Gasteiger charge is -2.24. The molecule has 5 nitrogen and oxygen atoms in total. The molecule has 128 valence electrons. The molecular weight excluding hydrogens is 312 g/mol. The number of rotatable bonds is 4. The van der Waals surface area contributed by atoms with E-state index in [-0.39, 0.29) is 10.8 Å². The normalized spacial score (nSPS) is 16.5. The van der Waals surface area contributed by atoms with E-state index in [1.54, 1.807) is 19.1 Å². The highest BCUT2D eigenvalue weighted by Gasteiger charge is 2.25. The van der Waals surface area contributed by atoms with Crippen LogP contribution in [0.25, 0.3) is 0 Å². The fraction of sp³-hybridized carbons (Fsp3) is 0.588. The van der Waals surface area contributed by atoms with Crippen molar-refractivity contribution in [2.24, 2.45) is 0 Å². The summed E-state index contributed by atoms with van der Waals surface area (Å²) in [6.07, 6.45) is 4.17. The molecule has 0 fully saturated rings. The van der Waals surface area contributed by atoms with Gasteiger partial charge in [-0.2, -0.15) is 4.72 Å². The Labute approximate surface area is 138 Å². The zero-order chi connectivity index (χ0) is 17.3. The van der Waals surface area contributed by atoms with E-state index in [9.17, 15) is 13.2 Å². The standard InChI is InChI=1S/C17H26N2O3S/c1-12(16(20)18-17(2,3)4)19-23(21,22)15-10-9-13-7-5-6-8-14(13)11-15/h9-12,19H,5-8H2,1-4H3,(H,18,20). The molecule has 1 aliphatic carbocycles. The number of benzene rings is 1. The van der Waals surface area contributed by atoms with Crippen molar-refractivity contribution in [1.82, 2.24) is 10.0 Å². The number of nitrogens with one attached hydrogen (secondary N) is 2. The molecule has 0 saturated carbocycles. The van der Waals surface area contributed by atoms with E-state index in [1.165, 1.54) is 5.56 Å². The summed E-state index contributed by atoms with van der Waals surface area (Å²) in [5.74, 6) is -0.334. The zero-order valence-corrected chi connectivity index (χ0v) is 15.1. The predicted molar refractivity (Wildman–Crippen MR) is 90.8 cm³/mol. The second-order valence-electron chi connectivity index (χ2n) is 7.22. The van der Waals surface area contributed by atoms with Crippen molar-refractivity contribution >= 4 is 15.9 Å². The summed E-state index contributed by atoms with van der Waals surface area (Å²) >= 11 is 0. The Hall–Kier alpha value is -1.40. The zero-order valence-electron chi connectivity index (χ0n) is 14.3. The molecule has 1 aliphatic rings. The first-order valence-corrected chi connectivity index (χ1v) is 9.53. The van der Waals surface area contributed by atoms with Crippen LogP contribution < -0.4 is 10.0 Å². The van der Waals surface area contributed by atoms with Gasteiger partial charge in [0.2, 0.25) is 15.9 Å². The van der Waals surface area contributed by atoms with Gasteiger partial charge in [0.25, 0.3) is 0 Å². The van der Waals surface area contributed by atoms with Gasteiger partial charge in [0.05, 0.1) is 10.9 Å². The Kier molecular flexibility index (Phi) is 5.16. The molecule has 0 saturated heterocycles. The molecule has 0 spiro atoms. The average Bonchev–Trinajstić information content (AvgIpc) is 2.44. The minimum Gasteiger partial charge on any atom is -0.350 e. The van der Waals surface area contributed by atoms with Gasteiger partial charge in [0, 0.05) is 5.54 Å². The van der Waals surface area contributed by atoms with Crippen molar-refractivity contribution in [3.8, 4) is 0 Å². The third-order valence-corrected chi connectivity index (χ3v) is 5.39. The summed E-state index contributed by atoms with van der Waals surface area (Å²) in [6.45, 7) is 7.12. The van der Waals surface area contributed by atoms with Crippen molar-refractivity contribution in [1.29, 1.82) is 0 Å². The van der Waals surface area contributed by atoms with Gasteiger partial charge in [-0.1, -0.05) is 6.07 Å². The lowest BCUT2D eigenvalue weighted by atomic mass is 9.92. The smallest absolute Gasteiger partial charge is 0.241 e. The van der Waals surface area contributed by atoms with Crippen molar-refractivity contribution in [2.45, 2.75) is 69.9 Å². The Morgan fingerprint density at radius 1 is 1.13 bits per heavy atom. The first kappa shape index (κ1) is 17.9. The van der Waals surface area contributed by atoms with E-state index in [4.69, 9.17) is 0 Å². The van der Waals surface area contributed by atoms with Crippen LogP contribution in [0.15, 0.2) is 23.1 Å². The molecule has 0 aliphatic heterocycles. The molecule has 0 radical (unpaired) electrons. The highest BCUT2D eigenvalue weighted by Crippen LogP contribution is 2.24. The minimum atomic E-state index is -3.70. The van der Waals surface area contributed by atoms with Gasteiger partial charge in [-0.3, -0.25) is 4.79 Å². The topological polar surface area (TPSA) is 75.3 Å². The van der Waals surface area contributed by atoms with E-state index in [0.717, 1.165) is 31.2 Å². The Morgan fingerprint density at radius 3 is 2.35 bits per heavy atom. The monoisotopic (exact) mass is 338 g/mol. The van der Waals surface area contributed by atoms with Crippen LogP contribution in [0.5, 0.6) is 0 Å². The molecule has 1 aromatic rings. The van der Waals surface area contributed by atoms with Crippen molar-refractivity contribution < 1.29 is 13.2 Å². The molecule has 0 heterocycles. The average molecular weight is 338 g/mol. The molecule has 0 aromatic heterocycles. The van der Waals surface area contributed by atoms with E-state index < -0.39 is 21.6 Å². The van der Waals surface area contributed by atoms with Crippen molar-refractivity contribution in [2.75, 3.05) is 0 Å². The molecule has 2 N–H and O–H groups in total. The van der Waals surface area contributed by atoms with E-state index >= 15 is 0 Å². The van der Waals surface area contributed by atoms with Crippen LogP contribution in [0.4, 0.5) is 0 Å². The highest BCUT2D eigenvalue weighted by molar-refractivity contribution is 7.89. The molecule has 1 amide bonds. The van der Waals surface area contributed by atoms with Crippen LogP contribution in [0.2, 0.25) is 0 Å². The number of fused-ring (bicyclic) bond motifs is 1. The quantitative estimate of drug-likeness (QED) is 0.883. The lowest BCUT2D eigenvalue weighted by Crippen LogP contribution is -2.50. The van der Waals surface area contributed by atoms with Gasteiger partial charge in [0.1, 0.15) is 0 Å². The van der Waals surface area contributed by atoms with Crippen molar-refractivity contribution in [3.05, 3.63) is 29.3 Å². The third-order valence-electron chi connectivity index (χ3n) is 3.85. The van der Waals surface area contributed by atoms with Crippen LogP contribution >= 0.6 is 0 Å². The maximum atomic E-state index is 12.5. The van der Waals surface area contributed by atoms with Crippen LogP contribution in [0, 0.1) is 0 Å². The summed E-state index contributed by atoms with van der Waals surface area (Å²) in [6, 6.07) is 4.44. The number of hydrogen-bond acceptors (Lipinski definition) is 3. The molecule has 1 unspecified atom stereocenters. The second-order valence-corrected chi connectivity index (χ2v) is 8.93. The number of carbonyl (C=O) groups is 1. The second kappa shape index (κ2) is 6.61. The number of aryl methyl sites for hydroxylation is 2. The number of sulfonamides is 1. The Bertz CT molecular complexity index is 690. The van der Waals surface area contributed by atoms with Gasteiger partial charge >= 0.3 is 0 Å². The van der Waals surface area contributed by atoms with Gasteiger partial charge in [0.15, 0.2) is 0 Å². The fourth-order valence-corrected chi connectivity index (χ4v) is 3.96. The summed E-state index contributed by atoms with van der Waals surface area (Å²) in [7, 11) is -3.70. The Balaban J connectivity index is 2.14. The molecule has 1 aromatic carbocycles. The first-order chi connectivity index (χ1) is 10.6. The maximum Gasteiger partial charge on any atom is 0.241 e. The lowest BCUT2D eigenvalue weighted by molar-refractivity contribution is -0.123. The minimum absolute atomic E-state index is 0.230. The van der Waals surface area contributed by atoms with Crippen LogP contribution in [-0.2, 0) is 27.7 Å². The number of carbonyl (C=O) groups excluding carboxylic acids is 1. The SMILES string of the molecule is CC(NS(=O)(=O)c1ccc2c(c1)CCCC2)C(=O)NC(C)(C)C. The molecule has 0 bridgehead atoms.